The Bertz CT molecular complexity index is 812. The van der Waals surface area contributed by atoms with Gasteiger partial charge < -0.3 is 19.9 Å². The van der Waals surface area contributed by atoms with E-state index in [9.17, 15) is 9.59 Å². The van der Waals surface area contributed by atoms with Crippen LogP contribution in [0, 0.1) is 0 Å². The Hall–Kier alpha value is -3.02. The Balaban J connectivity index is 1.43. The van der Waals surface area contributed by atoms with Crippen LogP contribution in [0.5, 0.6) is 5.75 Å². The van der Waals surface area contributed by atoms with Gasteiger partial charge in [0.1, 0.15) is 5.75 Å². The number of methoxy groups -OCH3 is 1. The van der Waals surface area contributed by atoms with Crippen LogP contribution in [0.3, 0.4) is 0 Å². The lowest BCUT2D eigenvalue weighted by Gasteiger charge is -2.36. The molecule has 6 nitrogen and oxygen atoms in total. The number of urea groups is 1. The zero-order valence-corrected chi connectivity index (χ0v) is 16.5. The molecule has 0 radical (unpaired) electrons. The normalized spacial score (nSPS) is 13.9. The van der Waals surface area contributed by atoms with Crippen molar-refractivity contribution in [3.63, 3.8) is 0 Å². The summed E-state index contributed by atoms with van der Waals surface area (Å²) < 4.78 is 5.23. The third-order valence-corrected chi connectivity index (χ3v) is 5.03. The van der Waals surface area contributed by atoms with Gasteiger partial charge in [0.05, 0.1) is 7.11 Å². The first-order valence-corrected chi connectivity index (χ1v) is 9.58. The number of ether oxygens (including phenoxy) is 1. The fraction of sp³-hybridized carbons (Fsp3) is 0.364. The molecule has 1 fully saturated rings. The van der Waals surface area contributed by atoms with Gasteiger partial charge in [-0.1, -0.05) is 12.1 Å². The molecule has 1 heterocycles. The van der Waals surface area contributed by atoms with E-state index in [2.05, 4.69) is 10.2 Å². The minimum Gasteiger partial charge on any atom is -0.497 e. The third-order valence-electron chi connectivity index (χ3n) is 5.03. The Morgan fingerprint density at radius 2 is 1.75 bits per heavy atom. The van der Waals surface area contributed by atoms with Crippen LogP contribution >= 0.6 is 0 Å². The van der Waals surface area contributed by atoms with Crippen molar-refractivity contribution in [3.05, 3.63) is 59.7 Å². The van der Waals surface area contributed by atoms with Gasteiger partial charge in [-0.2, -0.15) is 0 Å². The molecule has 3 rings (SSSR count). The van der Waals surface area contributed by atoms with Gasteiger partial charge in [-0.3, -0.25) is 4.79 Å². The summed E-state index contributed by atoms with van der Waals surface area (Å²) in [5, 5.41) is 3.00. The molecular weight excluding hydrogens is 354 g/mol. The first-order chi connectivity index (χ1) is 13.6. The molecule has 0 unspecified atom stereocenters. The molecule has 0 bridgehead atoms. The zero-order valence-electron chi connectivity index (χ0n) is 16.5. The maximum absolute atomic E-state index is 12.4. The highest BCUT2D eigenvalue weighted by molar-refractivity contribution is 5.94. The van der Waals surface area contributed by atoms with Crippen LogP contribution in [-0.4, -0.2) is 56.5 Å². The number of benzene rings is 2. The van der Waals surface area contributed by atoms with Crippen LogP contribution in [0.25, 0.3) is 0 Å². The van der Waals surface area contributed by atoms with Gasteiger partial charge in [0.2, 0.25) is 0 Å². The van der Waals surface area contributed by atoms with Crippen molar-refractivity contribution >= 4 is 17.5 Å². The predicted molar refractivity (Wildman–Crippen MR) is 110 cm³/mol. The third kappa shape index (κ3) is 5.03. The minimum atomic E-state index is -0.0190. The highest BCUT2D eigenvalue weighted by atomic mass is 16.5. The molecule has 1 aliphatic heterocycles. The molecule has 1 N–H and O–H groups in total. The van der Waals surface area contributed by atoms with Crippen LogP contribution in [0.15, 0.2) is 48.5 Å². The monoisotopic (exact) mass is 381 g/mol. The number of rotatable bonds is 6. The van der Waals surface area contributed by atoms with Gasteiger partial charge in [-0.05, 0) is 55.3 Å². The number of carbonyl (C=O) groups excluding carboxylic acids is 2. The van der Waals surface area contributed by atoms with Gasteiger partial charge in [-0.25, -0.2) is 4.79 Å². The summed E-state index contributed by atoms with van der Waals surface area (Å²) in [5.74, 6) is 0.901. The second kappa shape index (κ2) is 9.26. The molecule has 0 aromatic heterocycles. The van der Waals surface area contributed by atoms with Gasteiger partial charge in [0.25, 0.3) is 0 Å². The number of ketones is 1. The highest BCUT2D eigenvalue weighted by Crippen LogP contribution is 2.18. The van der Waals surface area contributed by atoms with Crippen molar-refractivity contribution in [2.45, 2.75) is 13.3 Å². The molecule has 28 heavy (non-hydrogen) atoms. The van der Waals surface area contributed by atoms with Crippen LogP contribution in [0.1, 0.15) is 22.8 Å². The van der Waals surface area contributed by atoms with Gasteiger partial charge in [0.15, 0.2) is 5.78 Å². The molecule has 0 aliphatic carbocycles. The summed E-state index contributed by atoms with van der Waals surface area (Å²) in [6.07, 6.45) is 0.769. The lowest BCUT2D eigenvalue weighted by molar-refractivity contribution is 0.101. The van der Waals surface area contributed by atoms with Crippen LogP contribution < -0.4 is 15.0 Å². The molecule has 1 aliphatic rings. The number of carbonyl (C=O) groups is 2. The summed E-state index contributed by atoms with van der Waals surface area (Å²) in [5.41, 5.74) is 2.94. The summed E-state index contributed by atoms with van der Waals surface area (Å²) >= 11 is 0. The largest absolute Gasteiger partial charge is 0.497 e. The van der Waals surface area contributed by atoms with Crippen LogP contribution in [-0.2, 0) is 6.42 Å². The Morgan fingerprint density at radius 3 is 2.39 bits per heavy atom. The standard InChI is InChI=1S/C22H27N3O3/c1-17(26)19-6-8-20(9-7-19)24-12-14-25(15-13-24)22(27)23-11-10-18-4-3-5-21(16-18)28-2/h3-9,16H,10-15H2,1-2H3,(H,23,27). The number of Topliss-reactive ketones (excluding diaryl/α,β-unsaturated/α-hetero) is 1. The van der Waals surface area contributed by atoms with E-state index in [0.29, 0.717) is 19.6 Å². The van der Waals surface area contributed by atoms with E-state index in [0.717, 1.165) is 42.1 Å². The Labute approximate surface area is 166 Å². The van der Waals surface area contributed by atoms with Gasteiger partial charge >= 0.3 is 6.03 Å². The van der Waals surface area contributed by atoms with E-state index >= 15 is 0 Å². The summed E-state index contributed by atoms with van der Waals surface area (Å²) in [6, 6.07) is 15.5. The Morgan fingerprint density at radius 1 is 1.04 bits per heavy atom. The average molecular weight is 381 g/mol. The maximum atomic E-state index is 12.4. The predicted octanol–water partition coefficient (Wildman–Crippen LogP) is 2.97. The van der Waals surface area contributed by atoms with Crippen molar-refractivity contribution < 1.29 is 14.3 Å². The minimum absolute atomic E-state index is 0.0190. The number of piperazine rings is 1. The molecular formula is C22H27N3O3. The van der Waals surface area contributed by atoms with Crippen molar-refractivity contribution in [1.29, 1.82) is 0 Å². The van der Waals surface area contributed by atoms with Crippen molar-refractivity contribution in [1.82, 2.24) is 10.2 Å². The highest BCUT2D eigenvalue weighted by Gasteiger charge is 2.21. The lowest BCUT2D eigenvalue weighted by atomic mass is 10.1. The average Bonchev–Trinajstić information content (AvgIpc) is 2.74. The summed E-state index contributed by atoms with van der Waals surface area (Å²) in [7, 11) is 1.65. The second-order valence-corrected chi connectivity index (χ2v) is 6.91. The summed E-state index contributed by atoms with van der Waals surface area (Å²) in [4.78, 5) is 27.9. The van der Waals surface area contributed by atoms with Crippen molar-refractivity contribution in [3.8, 4) is 5.75 Å². The van der Waals surface area contributed by atoms with Crippen molar-refractivity contribution in [2.75, 3.05) is 44.7 Å². The molecule has 0 spiro atoms. The van der Waals surface area contributed by atoms with Crippen LogP contribution in [0.4, 0.5) is 10.5 Å². The first-order valence-electron chi connectivity index (χ1n) is 9.58. The second-order valence-electron chi connectivity index (χ2n) is 6.91. The Kier molecular flexibility index (Phi) is 6.53. The smallest absolute Gasteiger partial charge is 0.317 e. The van der Waals surface area contributed by atoms with E-state index in [1.54, 1.807) is 14.0 Å². The number of amides is 2. The fourth-order valence-corrected chi connectivity index (χ4v) is 3.33. The first kappa shape index (κ1) is 19.7. The van der Waals surface area contributed by atoms with E-state index in [4.69, 9.17) is 4.74 Å². The van der Waals surface area contributed by atoms with E-state index < -0.39 is 0 Å². The fourth-order valence-electron chi connectivity index (χ4n) is 3.33. The van der Waals surface area contributed by atoms with Gasteiger partial charge in [-0.15, -0.1) is 0 Å². The van der Waals surface area contributed by atoms with Gasteiger partial charge in [0, 0.05) is 44.0 Å². The molecule has 148 valence electrons. The number of hydrogen-bond donors (Lipinski definition) is 1. The number of anilines is 1. The SMILES string of the molecule is COc1cccc(CCNC(=O)N2CCN(c3ccc(C(C)=O)cc3)CC2)c1. The lowest BCUT2D eigenvalue weighted by Crippen LogP contribution is -2.52. The van der Waals surface area contributed by atoms with E-state index in [1.165, 1.54) is 0 Å². The van der Waals surface area contributed by atoms with E-state index in [1.807, 2.05) is 53.4 Å². The molecule has 2 aromatic rings. The quantitative estimate of drug-likeness (QED) is 0.782. The molecule has 0 saturated carbocycles. The topological polar surface area (TPSA) is 61.9 Å². The zero-order chi connectivity index (χ0) is 19.9. The van der Waals surface area contributed by atoms with Crippen molar-refractivity contribution in [2.24, 2.45) is 0 Å². The molecule has 6 heteroatoms. The number of nitrogens with zero attached hydrogens (tertiary/aromatic N) is 2. The van der Waals surface area contributed by atoms with Crippen LogP contribution in [0.2, 0.25) is 0 Å². The molecule has 1 saturated heterocycles. The molecule has 2 amide bonds. The number of hydrogen-bond acceptors (Lipinski definition) is 4. The molecule has 2 aromatic carbocycles. The molecule has 0 atom stereocenters. The number of nitrogens with one attached hydrogen (secondary N) is 1. The summed E-state index contributed by atoms with van der Waals surface area (Å²) in [6.45, 7) is 5.09. The van der Waals surface area contributed by atoms with E-state index in [-0.39, 0.29) is 11.8 Å². The maximum Gasteiger partial charge on any atom is 0.317 e.